The Labute approximate surface area is 187 Å². The van der Waals surface area contributed by atoms with E-state index in [0.29, 0.717) is 12.4 Å². The number of rotatable bonds is 8. The fourth-order valence-corrected chi connectivity index (χ4v) is 4.13. The lowest BCUT2D eigenvalue weighted by Crippen LogP contribution is -2.33. The third-order valence-electron chi connectivity index (χ3n) is 5.88. The molecule has 2 aromatic carbocycles. The first-order valence-corrected chi connectivity index (χ1v) is 10.6. The smallest absolute Gasteiger partial charge is 0.292 e. The number of nitrogens with zero attached hydrogens (tertiary/aromatic N) is 1. The minimum Gasteiger partial charge on any atom is -0.497 e. The molecule has 0 aliphatic carbocycles. The summed E-state index contributed by atoms with van der Waals surface area (Å²) in [4.78, 5) is 1.71. The number of nitrogens with one attached hydrogen (secondary N) is 2. The summed E-state index contributed by atoms with van der Waals surface area (Å²) in [6, 6.07) is 13.3. The Bertz CT molecular complexity index is 965. The van der Waals surface area contributed by atoms with Crippen molar-refractivity contribution in [2.75, 3.05) is 52.8 Å². The van der Waals surface area contributed by atoms with E-state index in [0.717, 1.165) is 34.8 Å². The molecule has 32 heavy (non-hydrogen) atoms. The average Bonchev–Trinajstić information content (AvgIpc) is 3.12. The molecule has 8 heteroatoms. The summed E-state index contributed by atoms with van der Waals surface area (Å²) in [7, 11) is 4.82. The van der Waals surface area contributed by atoms with Gasteiger partial charge in [-0.3, -0.25) is 0 Å². The van der Waals surface area contributed by atoms with Gasteiger partial charge in [0.1, 0.15) is 24.2 Å². The molecule has 2 heterocycles. The van der Waals surface area contributed by atoms with Crippen molar-refractivity contribution in [3.05, 3.63) is 59.7 Å². The summed E-state index contributed by atoms with van der Waals surface area (Å²) in [5.74, 6) is -1.42. The Morgan fingerprint density at radius 2 is 1.88 bits per heavy atom. The van der Waals surface area contributed by atoms with Crippen molar-refractivity contribution in [3.8, 4) is 11.5 Å². The standard InChI is InChI=1S/C24H29F2N3O3/c1-27-10-11-32-17-6-4-16(5-7-17)20-13-22(29-14-23(31-3)24(25,26)15-29)19-9-8-18(30-2)12-21(19)28-20/h4-9,12-13,20,23,27-28H,10-11,14-15H2,1-3H3. The van der Waals surface area contributed by atoms with E-state index in [9.17, 15) is 8.78 Å². The number of benzene rings is 2. The van der Waals surface area contributed by atoms with Crippen molar-refractivity contribution in [1.82, 2.24) is 10.2 Å². The van der Waals surface area contributed by atoms with Gasteiger partial charge in [-0.25, -0.2) is 8.78 Å². The molecule has 0 saturated carbocycles. The maximum absolute atomic E-state index is 14.5. The van der Waals surface area contributed by atoms with Crippen LogP contribution in [-0.2, 0) is 4.74 Å². The van der Waals surface area contributed by atoms with Crippen molar-refractivity contribution < 1.29 is 23.0 Å². The molecule has 1 saturated heterocycles. The van der Waals surface area contributed by atoms with Gasteiger partial charge < -0.3 is 29.7 Å². The average molecular weight is 446 g/mol. The lowest BCUT2D eigenvalue weighted by Gasteiger charge is -2.32. The van der Waals surface area contributed by atoms with E-state index in [-0.39, 0.29) is 19.1 Å². The highest BCUT2D eigenvalue weighted by Crippen LogP contribution is 2.42. The first kappa shape index (κ1) is 22.4. The summed E-state index contributed by atoms with van der Waals surface area (Å²) >= 11 is 0. The van der Waals surface area contributed by atoms with Crippen molar-refractivity contribution in [2.45, 2.75) is 18.1 Å². The Morgan fingerprint density at radius 3 is 2.53 bits per heavy atom. The summed E-state index contributed by atoms with van der Waals surface area (Å²) in [5, 5.41) is 6.55. The number of halogens is 2. The molecule has 0 amide bonds. The fraction of sp³-hybridized carbons (Fsp3) is 0.417. The second kappa shape index (κ2) is 9.34. The Balaban J connectivity index is 1.64. The largest absolute Gasteiger partial charge is 0.497 e. The highest BCUT2D eigenvalue weighted by molar-refractivity contribution is 5.81. The zero-order valence-electron chi connectivity index (χ0n) is 18.5. The minimum absolute atomic E-state index is 0.131. The highest BCUT2D eigenvalue weighted by Gasteiger charge is 2.49. The number of anilines is 1. The van der Waals surface area contributed by atoms with Gasteiger partial charge in [0.25, 0.3) is 5.92 Å². The maximum Gasteiger partial charge on any atom is 0.292 e. The van der Waals surface area contributed by atoms with Gasteiger partial charge in [0, 0.05) is 36.7 Å². The highest BCUT2D eigenvalue weighted by atomic mass is 19.3. The van der Waals surface area contributed by atoms with Gasteiger partial charge in [-0.15, -0.1) is 0 Å². The first-order valence-electron chi connectivity index (χ1n) is 10.6. The van der Waals surface area contributed by atoms with Crippen molar-refractivity contribution in [1.29, 1.82) is 0 Å². The van der Waals surface area contributed by atoms with E-state index in [4.69, 9.17) is 14.2 Å². The lowest BCUT2D eigenvalue weighted by atomic mass is 9.96. The molecule has 172 valence electrons. The number of ether oxygens (including phenoxy) is 3. The molecule has 2 aromatic rings. The number of alkyl halides is 2. The van der Waals surface area contributed by atoms with Gasteiger partial charge in [0.15, 0.2) is 0 Å². The quantitative estimate of drug-likeness (QED) is 0.604. The van der Waals surface area contributed by atoms with Crippen LogP contribution in [0, 0.1) is 0 Å². The molecule has 0 aromatic heterocycles. The van der Waals surface area contributed by atoms with Crippen LogP contribution in [0.5, 0.6) is 11.5 Å². The van der Waals surface area contributed by atoms with Crippen LogP contribution in [0.15, 0.2) is 48.5 Å². The number of methoxy groups -OCH3 is 2. The molecule has 4 rings (SSSR count). The zero-order valence-corrected chi connectivity index (χ0v) is 18.5. The zero-order chi connectivity index (χ0) is 22.7. The van der Waals surface area contributed by atoms with Gasteiger partial charge in [0.05, 0.1) is 26.2 Å². The molecule has 2 atom stereocenters. The fourth-order valence-electron chi connectivity index (χ4n) is 4.13. The molecule has 1 fully saturated rings. The van der Waals surface area contributed by atoms with Crippen molar-refractivity contribution >= 4 is 11.4 Å². The van der Waals surface area contributed by atoms with E-state index in [2.05, 4.69) is 10.6 Å². The van der Waals surface area contributed by atoms with Crippen molar-refractivity contribution in [3.63, 3.8) is 0 Å². The number of likely N-dealkylation sites (N-methyl/N-ethyl adjacent to an activating group) is 1. The SMILES string of the molecule is CNCCOc1ccc(C2C=C(N3CC(OC)C(F)(F)C3)c3ccc(OC)cc3N2)cc1. The topological polar surface area (TPSA) is 55.0 Å². The number of hydrogen-bond acceptors (Lipinski definition) is 6. The molecule has 2 aliphatic heterocycles. The summed E-state index contributed by atoms with van der Waals surface area (Å²) in [6.45, 7) is 1.09. The van der Waals surface area contributed by atoms with Crippen LogP contribution >= 0.6 is 0 Å². The van der Waals surface area contributed by atoms with E-state index in [1.165, 1.54) is 7.11 Å². The van der Waals surface area contributed by atoms with Crippen LogP contribution in [0.3, 0.4) is 0 Å². The van der Waals surface area contributed by atoms with Gasteiger partial charge in [-0.1, -0.05) is 12.1 Å². The van der Waals surface area contributed by atoms with Gasteiger partial charge in [0.2, 0.25) is 0 Å². The molecule has 6 nitrogen and oxygen atoms in total. The molecule has 2 aliphatic rings. The van der Waals surface area contributed by atoms with Crippen LogP contribution in [0.1, 0.15) is 17.2 Å². The second-order valence-electron chi connectivity index (χ2n) is 7.97. The Kier molecular flexibility index (Phi) is 6.53. The summed E-state index contributed by atoms with van der Waals surface area (Å²) in [5.41, 5.74) is 3.47. The van der Waals surface area contributed by atoms with Crippen LogP contribution in [-0.4, -0.2) is 64.4 Å². The maximum atomic E-state index is 14.5. The third kappa shape index (κ3) is 4.52. The molecular formula is C24H29F2N3O3. The molecular weight excluding hydrogens is 416 g/mol. The van der Waals surface area contributed by atoms with E-state index in [1.807, 2.05) is 55.6 Å². The van der Waals surface area contributed by atoms with Crippen molar-refractivity contribution in [2.24, 2.45) is 0 Å². The predicted molar refractivity (Wildman–Crippen MR) is 121 cm³/mol. The molecule has 0 radical (unpaired) electrons. The van der Waals surface area contributed by atoms with Gasteiger partial charge >= 0.3 is 0 Å². The molecule has 2 N–H and O–H groups in total. The number of likely N-dealkylation sites (tertiary alicyclic amines) is 1. The van der Waals surface area contributed by atoms with Crippen LogP contribution < -0.4 is 20.1 Å². The second-order valence-corrected chi connectivity index (χ2v) is 7.97. The lowest BCUT2D eigenvalue weighted by molar-refractivity contribution is -0.0896. The van der Waals surface area contributed by atoms with Crippen LogP contribution in [0.4, 0.5) is 14.5 Å². The normalized spacial score (nSPS) is 21.5. The predicted octanol–water partition coefficient (Wildman–Crippen LogP) is 3.77. The van der Waals surface area contributed by atoms with E-state index < -0.39 is 12.0 Å². The van der Waals surface area contributed by atoms with E-state index >= 15 is 0 Å². The van der Waals surface area contributed by atoms with E-state index in [1.54, 1.807) is 12.0 Å². The number of hydrogen-bond donors (Lipinski definition) is 2. The number of fused-ring (bicyclic) bond motifs is 1. The Hall–Kier alpha value is -2.84. The summed E-state index contributed by atoms with van der Waals surface area (Å²) in [6.07, 6.45) is 0.868. The van der Waals surface area contributed by atoms with Gasteiger partial charge in [-0.2, -0.15) is 0 Å². The van der Waals surface area contributed by atoms with Crippen LogP contribution in [0.2, 0.25) is 0 Å². The molecule has 0 bridgehead atoms. The molecule has 2 unspecified atom stereocenters. The third-order valence-corrected chi connectivity index (χ3v) is 5.88. The summed E-state index contributed by atoms with van der Waals surface area (Å²) < 4.78 is 45.1. The monoisotopic (exact) mass is 445 g/mol. The molecule has 0 spiro atoms. The van der Waals surface area contributed by atoms with Crippen LogP contribution in [0.25, 0.3) is 5.70 Å². The van der Waals surface area contributed by atoms with Gasteiger partial charge in [-0.05, 0) is 43.0 Å². The minimum atomic E-state index is -2.91. The Morgan fingerprint density at radius 1 is 1.12 bits per heavy atom. The first-order chi connectivity index (χ1) is 15.4.